The van der Waals surface area contributed by atoms with Gasteiger partial charge in [0.25, 0.3) is 0 Å². The minimum atomic E-state index is 0.276. The molecule has 2 unspecified atom stereocenters. The number of nitrogens with one attached hydrogen (secondary N) is 1. The van der Waals surface area contributed by atoms with Gasteiger partial charge >= 0.3 is 0 Å². The summed E-state index contributed by atoms with van der Waals surface area (Å²) in [5.41, 5.74) is 0. The summed E-state index contributed by atoms with van der Waals surface area (Å²) >= 11 is 0. The smallest absolute Gasteiger partial charge is 0.133 e. The number of hydrogen-bond acceptors (Lipinski definition) is 4. The minimum Gasteiger partial charge on any atom is -0.396 e. The summed E-state index contributed by atoms with van der Waals surface area (Å²) in [7, 11) is 0. The Hall–Kier alpha value is -1.16. The lowest BCUT2D eigenvalue weighted by atomic mass is 9.96. The number of rotatable bonds is 4. The molecule has 1 aromatic heterocycles. The van der Waals surface area contributed by atoms with Gasteiger partial charge in [0.05, 0.1) is 0 Å². The summed E-state index contributed by atoms with van der Waals surface area (Å²) in [4.78, 5) is 8.98. The van der Waals surface area contributed by atoms with E-state index in [2.05, 4.69) is 15.3 Å². The van der Waals surface area contributed by atoms with E-state index in [4.69, 9.17) is 0 Å². The van der Waals surface area contributed by atoms with Crippen molar-refractivity contribution in [3.8, 4) is 0 Å². The van der Waals surface area contributed by atoms with E-state index in [0.717, 1.165) is 24.5 Å². The van der Waals surface area contributed by atoms with E-state index in [1.54, 1.807) is 0 Å². The Morgan fingerprint density at radius 1 is 1.16 bits per heavy atom. The van der Waals surface area contributed by atoms with Crippen molar-refractivity contribution in [2.45, 2.75) is 56.9 Å². The zero-order valence-corrected chi connectivity index (χ0v) is 11.4. The Bertz CT molecular complexity index is 420. The van der Waals surface area contributed by atoms with Crippen LogP contribution < -0.4 is 5.32 Å². The summed E-state index contributed by atoms with van der Waals surface area (Å²) in [6.45, 7) is 0.276. The molecule has 3 rings (SSSR count). The minimum absolute atomic E-state index is 0.276. The molecule has 0 spiro atoms. The van der Waals surface area contributed by atoms with E-state index in [0.29, 0.717) is 17.9 Å². The summed E-state index contributed by atoms with van der Waals surface area (Å²) in [5.74, 6) is 2.87. The number of aliphatic hydroxyl groups is 1. The standard InChI is InChI=1S/C15H23N3O/c19-10-12-4-2-1-3-5-13(12)17-14-8-9-16-15(18-14)11-6-7-11/h8-9,11-13,19H,1-7,10H2,(H,16,17,18). The number of anilines is 1. The van der Waals surface area contributed by atoms with E-state index in [-0.39, 0.29) is 6.61 Å². The molecule has 2 aliphatic rings. The Balaban J connectivity index is 1.69. The SMILES string of the molecule is OCC1CCCCCC1Nc1ccnc(C2CC2)n1. The highest BCUT2D eigenvalue weighted by molar-refractivity contribution is 5.35. The fourth-order valence-electron chi connectivity index (χ4n) is 2.98. The Kier molecular flexibility index (Phi) is 3.97. The second-order valence-corrected chi connectivity index (χ2v) is 5.91. The van der Waals surface area contributed by atoms with E-state index >= 15 is 0 Å². The first-order chi connectivity index (χ1) is 9.36. The third-order valence-electron chi connectivity index (χ3n) is 4.34. The molecule has 2 fully saturated rings. The molecule has 1 heterocycles. The number of hydrogen-bond donors (Lipinski definition) is 2. The molecular formula is C15H23N3O. The maximum atomic E-state index is 9.54. The highest BCUT2D eigenvalue weighted by Crippen LogP contribution is 2.38. The maximum Gasteiger partial charge on any atom is 0.133 e. The molecular weight excluding hydrogens is 238 g/mol. The van der Waals surface area contributed by atoms with Gasteiger partial charge in [0.15, 0.2) is 0 Å². The van der Waals surface area contributed by atoms with Crippen molar-refractivity contribution in [2.75, 3.05) is 11.9 Å². The van der Waals surface area contributed by atoms with Gasteiger partial charge in [-0.15, -0.1) is 0 Å². The quantitative estimate of drug-likeness (QED) is 0.818. The first-order valence-corrected chi connectivity index (χ1v) is 7.57. The number of aromatic nitrogens is 2. The van der Waals surface area contributed by atoms with Gasteiger partial charge in [0.1, 0.15) is 11.6 Å². The second-order valence-electron chi connectivity index (χ2n) is 5.91. The molecule has 2 N–H and O–H groups in total. The normalized spacial score (nSPS) is 27.8. The molecule has 4 heteroatoms. The highest BCUT2D eigenvalue weighted by atomic mass is 16.3. The van der Waals surface area contributed by atoms with Gasteiger partial charge in [-0.3, -0.25) is 0 Å². The van der Waals surface area contributed by atoms with Gasteiger partial charge < -0.3 is 10.4 Å². The van der Waals surface area contributed by atoms with Crippen LogP contribution in [-0.2, 0) is 0 Å². The number of aliphatic hydroxyl groups excluding tert-OH is 1. The third kappa shape index (κ3) is 3.24. The molecule has 2 aliphatic carbocycles. The van der Waals surface area contributed by atoms with Crippen LogP contribution in [0, 0.1) is 5.92 Å². The van der Waals surface area contributed by atoms with E-state index < -0.39 is 0 Å². The van der Waals surface area contributed by atoms with Crippen LogP contribution in [-0.4, -0.2) is 27.7 Å². The van der Waals surface area contributed by atoms with Crippen molar-refractivity contribution in [1.82, 2.24) is 9.97 Å². The molecule has 0 saturated heterocycles. The van der Waals surface area contributed by atoms with Crippen molar-refractivity contribution in [1.29, 1.82) is 0 Å². The Labute approximate surface area is 114 Å². The zero-order valence-electron chi connectivity index (χ0n) is 11.4. The molecule has 1 aromatic rings. The van der Waals surface area contributed by atoms with E-state index in [1.807, 2.05) is 12.3 Å². The average Bonchev–Trinajstić information content (AvgIpc) is 3.27. The van der Waals surface area contributed by atoms with E-state index in [9.17, 15) is 5.11 Å². The molecule has 0 bridgehead atoms. The van der Waals surface area contributed by atoms with E-state index in [1.165, 1.54) is 32.1 Å². The molecule has 104 valence electrons. The largest absolute Gasteiger partial charge is 0.396 e. The highest BCUT2D eigenvalue weighted by Gasteiger charge is 2.27. The molecule has 0 aliphatic heterocycles. The average molecular weight is 261 g/mol. The molecule has 4 nitrogen and oxygen atoms in total. The van der Waals surface area contributed by atoms with Crippen molar-refractivity contribution < 1.29 is 5.11 Å². The number of nitrogens with zero attached hydrogens (tertiary/aromatic N) is 2. The van der Waals surface area contributed by atoms with Gasteiger partial charge in [0, 0.05) is 30.7 Å². The zero-order chi connectivity index (χ0) is 13.1. The lowest BCUT2D eigenvalue weighted by Gasteiger charge is -2.25. The molecule has 2 saturated carbocycles. The molecule has 2 atom stereocenters. The Morgan fingerprint density at radius 3 is 2.79 bits per heavy atom. The summed E-state index contributed by atoms with van der Waals surface area (Å²) < 4.78 is 0. The van der Waals surface area contributed by atoms with Crippen LogP contribution in [0.3, 0.4) is 0 Å². The van der Waals surface area contributed by atoms with Crippen LogP contribution in [0.1, 0.15) is 56.7 Å². The maximum absolute atomic E-state index is 9.54. The van der Waals surface area contributed by atoms with Gasteiger partial charge in [-0.1, -0.05) is 19.3 Å². The first-order valence-electron chi connectivity index (χ1n) is 7.57. The third-order valence-corrected chi connectivity index (χ3v) is 4.34. The van der Waals surface area contributed by atoms with Crippen molar-refractivity contribution in [2.24, 2.45) is 5.92 Å². The lowest BCUT2D eigenvalue weighted by Crippen LogP contribution is -2.31. The van der Waals surface area contributed by atoms with Crippen molar-refractivity contribution in [3.05, 3.63) is 18.1 Å². The lowest BCUT2D eigenvalue weighted by molar-refractivity contribution is 0.203. The van der Waals surface area contributed by atoms with Gasteiger partial charge in [-0.05, 0) is 31.7 Å². The molecule has 19 heavy (non-hydrogen) atoms. The van der Waals surface area contributed by atoms with Crippen molar-refractivity contribution >= 4 is 5.82 Å². The fraction of sp³-hybridized carbons (Fsp3) is 0.733. The topological polar surface area (TPSA) is 58.0 Å². The van der Waals surface area contributed by atoms with Crippen molar-refractivity contribution in [3.63, 3.8) is 0 Å². The monoisotopic (exact) mass is 261 g/mol. The van der Waals surface area contributed by atoms with Crippen LogP contribution in [0.5, 0.6) is 0 Å². The molecule has 0 aromatic carbocycles. The fourth-order valence-corrected chi connectivity index (χ4v) is 2.98. The van der Waals surface area contributed by atoms with Crippen LogP contribution in [0.4, 0.5) is 5.82 Å². The van der Waals surface area contributed by atoms with Crippen LogP contribution >= 0.6 is 0 Å². The Morgan fingerprint density at radius 2 is 2.00 bits per heavy atom. The van der Waals surface area contributed by atoms with Gasteiger partial charge in [0.2, 0.25) is 0 Å². The predicted molar refractivity (Wildman–Crippen MR) is 75.1 cm³/mol. The summed E-state index contributed by atoms with van der Waals surface area (Å²) in [6, 6.07) is 2.31. The first kappa shape index (κ1) is 12.9. The van der Waals surface area contributed by atoms with Crippen LogP contribution in [0.2, 0.25) is 0 Å². The van der Waals surface area contributed by atoms with Gasteiger partial charge in [-0.25, -0.2) is 9.97 Å². The van der Waals surface area contributed by atoms with Gasteiger partial charge in [-0.2, -0.15) is 0 Å². The van der Waals surface area contributed by atoms with Crippen LogP contribution in [0.25, 0.3) is 0 Å². The molecule has 0 radical (unpaired) electrons. The van der Waals surface area contributed by atoms with Crippen LogP contribution in [0.15, 0.2) is 12.3 Å². The predicted octanol–water partition coefficient (Wildman–Crippen LogP) is 2.71. The second kappa shape index (κ2) is 5.87. The molecule has 0 amide bonds. The summed E-state index contributed by atoms with van der Waals surface area (Å²) in [5, 5.41) is 13.1. The summed E-state index contributed by atoms with van der Waals surface area (Å²) in [6.07, 6.45) is 10.3.